The maximum absolute atomic E-state index is 13.4. The van der Waals surface area contributed by atoms with Gasteiger partial charge in [-0.2, -0.15) is 0 Å². The molecule has 0 aromatic carbocycles. The molecule has 1 saturated carbocycles. The number of nitrogens with one attached hydrogen (secondary N) is 1. The molecule has 2 aromatic rings. The van der Waals surface area contributed by atoms with Crippen LogP contribution in [0, 0.1) is 0 Å². The first-order valence-electron chi connectivity index (χ1n) is 11.0. The van der Waals surface area contributed by atoms with E-state index in [1.807, 2.05) is 0 Å². The van der Waals surface area contributed by atoms with Gasteiger partial charge in [0.25, 0.3) is 11.5 Å². The quantitative estimate of drug-likeness (QED) is 0.755. The third-order valence-electron chi connectivity index (χ3n) is 6.37. The van der Waals surface area contributed by atoms with Crippen LogP contribution in [0.15, 0.2) is 23.1 Å². The second-order valence-electron chi connectivity index (χ2n) is 8.49. The van der Waals surface area contributed by atoms with Crippen molar-refractivity contribution in [1.82, 2.24) is 19.8 Å². The summed E-state index contributed by atoms with van der Waals surface area (Å²) in [6, 6.07) is 3.03. The van der Waals surface area contributed by atoms with Crippen LogP contribution in [0.2, 0.25) is 0 Å². The van der Waals surface area contributed by atoms with Crippen LogP contribution >= 0.6 is 0 Å². The second-order valence-corrected chi connectivity index (χ2v) is 8.49. The fourth-order valence-electron chi connectivity index (χ4n) is 4.50. The molecule has 2 aliphatic rings. The number of fused-ring (bicyclic) bond motifs is 1. The van der Waals surface area contributed by atoms with E-state index in [2.05, 4.69) is 15.2 Å². The highest BCUT2D eigenvalue weighted by Crippen LogP contribution is 2.26. The van der Waals surface area contributed by atoms with Crippen molar-refractivity contribution in [2.45, 2.75) is 63.5 Å². The number of aromatic nitrogens is 2. The smallest absolute Gasteiger partial charge is 0.268 e. The number of carbonyl (C=O) groups excluding carboxylic acids is 1. The minimum absolute atomic E-state index is 0.224. The van der Waals surface area contributed by atoms with Crippen LogP contribution in [0.4, 0.5) is 8.78 Å². The third kappa shape index (κ3) is 4.71. The molecule has 2 aromatic heterocycles. The lowest BCUT2D eigenvalue weighted by molar-refractivity contribution is 0.0911. The predicted octanol–water partition coefficient (Wildman–Crippen LogP) is 2.55. The Hall–Kier alpha value is -2.55. The molecule has 2 N–H and O–H groups in total. The molecule has 31 heavy (non-hydrogen) atoms. The highest BCUT2D eigenvalue weighted by Gasteiger charge is 2.27. The fourth-order valence-corrected chi connectivity index (χ4v) is 4.50. The van der Waals surface area contributed by atoms with E-state index >= 15 is 0 Å². The Morgan fingerprint density at radius 3 is 2.48 bits per heavy atom. The van der Waals surface area contributed by atoms with Crippen molar-refractivity contribution in [2.24, 2.45) is 0 Å². The van der Waals surface area contributed by atoms with E-state index in [9.17, 15) is 23.5 Å². The van der Waals surface area contributed by atoms with Gasteiger partial charge in [-0.25, -0.2) is 13.8 Å². The molecule has 3 heterocycles. The Bertz CT molecular complexity index is 996. The zero-order chi connectivity index (χ0) is 22.0. The number of likely N-dealkylation sites (tertiary alicyclic amines) is 1. The molecule has 1 amide bonds. The summed E-state index contributed by atoms with van der Waals surface area (Å²) in [5.74, 6) is -1.04. The van der Waals surface area contributed by atoms with Gasteiger partial charge in [0, 0.05) is 38.4 Å². The molecule has 0 unspecified atom stereocenters. The third-order valence-corrected chi connectivity index (χ3v) is 6.37. The lowest BCUT2D eigenvalue weighted by Crippen LogP contribution is -2.42. The largest absolute Gasteiger partial charge is 0.506 e. The number of pyridine rings is 2. The first-order chi connectivity index (χ1) is 14.9. The number of rotatable bonds is 5. The number of halogens is 2. The molecule has 0 radical (unpaired) electrons. The number of hydrogen-bond acceptors (Lipinski definition) is 5. The van der Waals surface area contributed by atoms with E-state index < -0.39 is 23.8 Å². The van der Waals surface area contributed by atoms with Gasteiger partial charge in [0.2, 0.25) is 0 Å². The Morgan fingerprint density at radius 2 is 1.77 bits per heavy atom. The van der Waals surface area contributed by atoms with Crippen molar-refractivity contribution < 1.29 is 18.7 Å². The van der Waals surface area contributed by atoms with Crippen molar-refractivity contribution in [1.29, 1.82) is 0 Å². The minimum atomic E-state index is -0.854. The summed E-state index contributed by atoms with van der Waals surface area (Å²) in [6.07, 6.45) is 2.59. The standard InChI is InChI=1S/C22H28F2N4O3/c23-14-3-5-16(6-4-14)26-21(30)18-19(29)17-2-1-9-25-20(17)28(22(18)31)13-12-27-10-7-15(24)8-11-27/h1-2,9,14-16,29H,3-8,10-13H2,(H,26,30)/t14-,16+. The number of nitrogens with zero attached hydrogens (tertiary/aromatic N) is 3. The van der Waals surface area contributed by atoms with Gasteiger partial charge in [-0.05, 0) is 50.7 Å². The molecule has 0 bridgehead atoms. The van der Waals surface area contributed by atoms with Crippen molar-refractivity contribution in [3.63, 3.8) is 0 Å². The molecule has 2 fully saturated rings. The highest BCUT2D eigenvalue weighted by molar-refractivity contribution is 6.01. The van der Waals surface area contributed by atoms with Crippen molar-refractivity contribution >= 4 is 16.9 Å². The molecule has 1 aliphatic heterocycles. The van der Waals surface area contributed by atoms with Gasteiger partial charge in [-0.1, -0.05) is 0 Å². The first kappa shape index (κ1) is 21.7. The Morgan fingerprint density at radius 1 is 1.10 bits per heavy atom. The number of amides is 1. The van der Waals surface area contributed by atoms with Crippen LogP contribution in [-0.2, 0) is 6.54 Å². The lowest BCUT2D eigenvalue weighted by atomic mass is 9.94. The molecule has 4 rings (SSSR count). The molecular weight excluding hydrogens is 406 g/mol. The number of aromatic hydroxyl groups is 1. The monoisotopic (exact) mass is 434 g/mol. The van der Waals surface area contributed by atoms with Gasteiger partial charge in [0.05, 0.1) is 5.39 Å². The van der Waals surface area contributed by atoms with E-state index in [1.165, 1.54) is 10.8 Å². The van der Waals surface area contributed by atoms with Gasteiger partial charge in [-0.15, -0.1) is 0 Å². The van der Waals surface area contributed by atoms with Crippen LogP contribution in [0.5, 0.6) is 5.75 Å². The van der Waals surface area contributed by atoms with Gasteiger partial charge >= 0.3 is 0 Å². The molecule has 1 aliphatic carbocycles. The van der Waals surface area contributed by atoms with Crippen LogP contribution in [0.1, 0.15) is 48.9 Å². The molecular formula is C22H28F2N4O3. The van der Waals surface area contributed by atoms with E-state index in [0.717, 1.165) is 0 Å². The highest BCUT2D eigenvalue weighted by atomic mass is 19.1. The molecule has 168 valence electrons. The Kier molecular flexibility index (Phi) is 6.50. The molecule has 7 nitrogen and oxygen atoms in total. The average Bonchev–Trinajstić information content (AvgIpc) is 2.76. The van der Waals surface area contributed by atoms with Crippen LogP contribution in [0.3, 0.4) is 0 Å². The van der Waals surface area contributed by atoms with E-state index in [0.29, 0.717) is 69.2 Å². The van der Waals surface area contributed by atoms with E-state index in [-0.39, 0.29) is 23.9 Å². The number of piperidine rings is 1. The van der Waals surface area contributed by atoms with Gasteiger partial charge in [0.15, 0.2) is 0 Å². The molecule has 1 saturated heterocycles. The fraction of sp³-hybridized carbons (Fsp3) is 0.591. The first-order valence-corrected chi connectivity index (χ1v) is 11.0. The van der Waals surface area contributed by atoms with Crippen LogP contribution in [0.25, 0.3) is 11.0 Å². The number of hydrogen-bond donors (Lipinski definition) is 2. The topological polar surface area (TPSA) is 87.5 Å². The summed E-state index contributed by atoms with van der Waals surface area (Å²) in [5, 5.41) is 13.8. The van der Waals surface area contributed by atoms with Crippen LogP contribution < -0.4 is 10.9 Å². The van der Waals surface area contributed by atoms with Gasteiger partial charge in [-0.3, -0.25) is 14.2 Å². The van der Waals surface area contributed by atoms with Gasteiger partial charge < -0.3 is 15.3 Å². The SMILES string of the molecule is O=C(N[C@H]1CC[C@@H](F)CC1)c1c(O)c2cccnc2n(CCN2CCC(F)CC2)c1=O. The molecule has 0 spiro atoms. The summed E-state index contributed by atoms with van der Waals surface area (Å²) in [6.45, 7) is 2.02. The normalized spacial score (nSPS) is 23.2. The summed E-state index contributed by atoms with van der Waals surface area (Å²) >= 11 is 0. The Balaban J connectivity index is 1.61. The van der Waals surface area contributed by atoms with Crippen molar-refractivity contribution in [2.75, 3.05) is 19.6 Å². The Labute approximate surface area is 179 Å². The summed E-state index contributed by atoms with van der Waals surface area (Å²) in [4.78, 5) is 32.5. The maximum atomic E-state index is 13.4. The summed E-state index contributed by atoms with van der Waals surface area (Å²) < 4.78 is 28.2. The lowest BCUT2D eigenvalue weighted by Gasteiger charge is -2.29. The average molecular weight is 434 g/mol. The molecule has 9 heteroatoms. The van der Waals surface area contributed by atoms with E-state index in [1.54, 1.807) is 12.1 Å². The second kappa shape index (κ2) is 9.30. The van der Waals surface area contributed by atoms with E-state index in [4.69, 9.17) is 0 Å². The van der Waals surface area contributed by atoms with Crippen LogP contribution in [-0.4, -0.2) is 63.5 Å². The van der Waals surface area contributed by atoms with Gasteiger partial charge in [0.1, 0.15) is 29.3 Å². The predicted molar refractivity (Wildman–Crippen MR) is 113 cm³/mol. The minimum Gasteiger partial charge on any atom is -0.506 e. The zero-order valence-corrected chi connectivity index (χ0v) is 17.4. The van der Waals surface area contributed by atoms with Crippen molar-refractivity contribution in [3.05, 3.63) is 34.2 Å². The number of alkyl halides is 2. The zero-order valence-electron chi connectivity index (χ0n) is 17.4. The maximum Gasteiger partial charge on any atom is 0.268 e. The number of carbonyl (C=O) groups is 1. The summed E-state index contributed by atoms with van der Waals surface area (Å²) in [7, 11) is 0. The summed E-state index contributed by atoms with van der Waals surface area (Å²) in [5.41, 5.74) is -0.619. The molecule has 0 atom stereocenters. The van der Waals surface area contributed by atoms with Crippen molar-refractivity contribution in [3.8, 4) is 5.75 Å².